The fourth-order valence-electron chi connectivity index (χ4n) is 4.52. The Kier molecular flexibility index (Phi) is 7.64. The maximum absolute atomic E-state index is 13.4. The second-order valence-corrected chi connectivity index (χ2v) is 12.0. The van der Waals surface area contributed by atoms with Crippen LogP contribution in [0.25, 0.3) is 0 Å². The van der Waals surface area contributed by atoms with Gasteiger partial charge in [0.2, 0.25) is 21.8 Å². The zero-order valence-electron chi connectivity index (χ0n) is 19.6. The molecule has 0 spiro atoms. The number of anilines is 1. The summed E-state index contributed by atoms with van der Waals surface area (Å²) in [6, 6.07) is 14.6. The Bertz CT molecular complexity index is 1150. The number of carbonyl (C=O) groups is 2. The first kappa shape index (κ1) is 24.8. The van der Waals surface area contributed by atoms with E-state index in [1.807, 2.05) is 30.3 Å². The van der Waals surface area contributed by atoms with E-state index < -0.39 is 10.0 Å². The number of carbonyl (C=O) groups excluding carboxylic acids is 2. The van der Waals surface area contributed by atoms with E-state index in [0.717, 1.165) is 42.6 Å². The first-order chi connectivity index (χ1) is 16.3. The number of nitrogens with zero attached hydrogens (tertiary/aromatic N) is 3. The fraction of sp³-hybridized carbons (Fsp3) is 0.440. The zero-order chi connectivity index (χ0) is 24.3. The van der Waals surface area contributed by atoms with Crippen molar-refractivity contribution >= 4 is 39.3 Å². The van der Waals surface area contributed by atoms with Gasteiger partial charge < -0.3 is 9.80 Å². The highest BCUT2D eigenvalue weighted by molar-refractivity contribution is 8.00. The lowest BCUT2D eigenvalue weighted by molar-refractivity contribution is -0.130. The number of likely N-dealkylation sites (N-methyl/N-ethyl adjacent to an activating group) is 1. The molecular formula is C25H31N3O4S2. The Hall–Kier alpha value is -2.36. The van der Waals surface area contributed by atoms with Crippen LogP contribution in [0.1, 0.15) is 37.7 Å². The standard InChI is InChI=1S/C25H31N3O4S2/c1-26(16-19-9-5-3-6-10-19)24(29)17-28-22-15-21(13-14-23(22)33-18-25(28)30)34(31,32)27(2)20-11-7-4-8-12-20/h3,5-6,9-10,13-15,20H,4,7-8,11-12,16-18H2,1-2H3. The van der Waals surface area contributed by atoms with Crippen LogP contribution in [0.4, 0.5) is 5.69 Å². The summed E-state index contributed by atoms with van der Waals surface area (Å²) in [6.07, 6.45) is 4.94. The number of benzene rings is 2. The average Bonchev–Trinajstić information content (AvgIpc) is 2.86. The van der Waals surface area contributed by atoms with Crippen LogP contribution in [0.2, 0.25) is 0 Å². The third-order valence-corrected chi connectivity index (χ3v) is 9.57. The molecule has 4 rings (SSSR count). The Balaban J connectivity index is 1.55. The van der Waals surface area contributed by atoms with Crippen molar-refractivity contribution in [2.75, 3.05) is 31.3 Å². The van der Waals surface area contributed by atoms with E-state index in [0.29, 0.717) is 12.2 Å². The zero-order valence-corrected chi connectivity index (χ0v) is 21.3. The smallest absolute Gasteiger partial charge is 0.243 e. The minimum Gasteiger partial charge on any atom is -0.340 e. The van der Waals surface area contributed by atoms with Crippen molar-refractivity contribution in [3.05, 3.63) is 54.1 Å². The molecule has 1 aliphatic heterocycles. The largest absolute Gasteiger partial charge is 0.340 e. The molecule has 0 atom stereocenters. The summed E-state index contributed by atoms with van der Waals surface area (Å²) in [7, 11) is -0.357. The summed E-state index contributed by atoms with van der Waals surface area (Å²) >= 11 is 1.37. The van der Waals surface area contributed by atoms with E-state index in [4.69, 9.17) is 0 Å². The molecule has 2 aromatic carbocycles. The number of fused-ring (bicyclic) bond motifs is 1. The van der Waals surface area contributed by atoms with Crippen molar-refractivity contribution in [2.45, 2.75) is 54.5 Å². The molecule has 0 radical (unpaired) electrons. The molecule has 1 saturated carbocycles. The van der Waals surface area contributed by atoms with Gasteiger partial charge in [0.25, 0.3) is 0 Å². The van der Waals surface area contributed by atoms with Gasteiger partial charge in [0.05, 0.1) is 16.3 Å². The third-order valence-electron chi connectivity index (χ3n) is 6.62. The van der Waals surface area contributed by atoms with E-state index in [1.54, 1.807) is 37.2 Å². The Labute approximate surface area is 206 Å². The van der Waals surface area contributed by atoms with Crippen LogP contribution in [0.15, 0.2) is 58.3 Å². The van der Waals surface area contributed by atoms with Gasteiger partial charge >= 0.3 is 0 Å². The van der Waals surface area contributed by atoms with E-state index in [2.05, 4.69) is 0 Å². The molecule has 0 saturated heterocycles. The molecule has 0 bridgehead atoms. The lowest BCUT2D eigenvalue weighted by Gasteiger charge is -2.32. The van der Waals surface area contributed by atoms with Gasteiger partial charge in [-0.15, -0.1) is 11.8 Å². The summed E-state index contributed by atoms with van der Waals surface area (Å²) in [5, 5.41) is 0. The van der Waals surface area contributed by atoms with Crippen LogP contribution in [0.5, 0.6) is 0 Å². The molecule has 0 N–H and O–H groups in total. The first-order valence-corrected chi connectivity index (χ1v) is 14.0. The second kappa shape index (κ2) is 10.5. The van der Waals surface area contributed by atoms with Crippen LogP contribution >= 0.6 is 11.8 Å². The molecular weight excluding hydrogens is 470 g/mol. The molecule has 182 valence electrons. The third kappa shape index (κ3) is 5.31. The highest BCUT2D eigenvalue weighted by Crippen LogP contribution is 2.38. The Morgan fingerprint density at radius 1 is 1.06 bits per heavy atom. The van der Waals surface area contributed by atoms with Gasteiger partial charge in [-0.2, -0.15) is 4.31 Å². The van der Waals surface area contributed by atoms with Gasteiger partial charge in [-0.3, -0.25) is 9.59 Å². The van der Waals surface area contributed by atoms with Gasteiger partial charge in [-0.25, -0.2) is 8.42 Å². The summed E-state index contributed by atoms with van der Waals surface area (Å²) in [5.74, 6) is -0.187. The number of thioether (sulfide) groups is 1. The molecule has 34 heavy (non-hydrogen) atoms. The topological polar surface area (TPSA) is 78.0 Å². The first-order valence-electron chi connectivity index (χ1n) is 11.6. The highest BCUT2D eigenvalue weighted by Gasteiger charge is 2.32. The molecule has 7 nitrogen and oxygen atoms in total. The van der Waals surface area contributed by atoms with Crippen LogP contribution < -0.4 is 4.90 Å². The van der Waals surface area contributed by atoms with Crippen LogP contribution in [-0.2, 0) is 26.2 Å². The Morgan fingerprint density at radius 2 is 1.76 bits per heavy atom. The van der Waals surface area contributed by atoms with Gasteiger partial charge in [-0.1, -0.05) is 49.6 Å². The van der Waals surface area contributed by atoms with Gasteiger partial charge in [-0.05, 0) is 36.6 Å². The van der Waals surface area contributed by atoms with Crippen molar-refractivity contribution in [1.82, 2.24) is 9.21 Å². The van der Waals surface area contributed by atoms with Crippen molar-refractivity contribution in [3.63, 3.8) is 0 Å². The molecule has 1 fully saturated rings. The number of rotatable bonds is 7. The monoisotopic (exact) mass is 501 g/mol. The maximum Gasteiger partial charge on any atom is 0.243 e. The van der Waals surface area contributed by atoms with Crippen molar-refractivity contribution in [2.24, 2.45) is 0 Å². The summed E-state index contributed by atoms with van der Waals surface area (Å²) < 4.78 is 28.2. The minimum absolute atomic E-state index is 0.00453. The molecule has 2 aromatic rings. The Morgan fingerprint density at radius 3 is 2.47 bits per heavy atom. The fourth-order valence-corrected chi connectivity index (χ4v) is 6.88. The van der Waals surface area contributed by atoms with Crippen LogP contribution in [-0.4, -0.2) is 61.9 Å². The second-order valence-electron chi connectivity index (χ2n) is 8.95. The van der Waals surface area contributed by atoms with E-state index in [9.17, 15) is 18.0 Å². The number of amides is 2. The van der Waals surface area contributed by atoms with Gasteiger partial charge in [0, 0.05) is 31.6 Å². The highest BCUT2D eigenvalue weighted by atomic mass is 32.2. The van der Waals surface area contributed by atoms with E-state index >= 15 is 0 Å². The average molecular weight is 502 g/mol. The molecule has 1 heterocycles. The summed E-state index contributed by atoms with van der Waals surface area (Å²) in [6.45, 7) is 0.307. The quantitative estimate of drug-likeness (QED) is 0.578. The minimum atomic E-state index is -3.71. The SMILES string of the molecule is CN(Cc1ccccc1)C(=O)CN1C(=O)CSc2ccc(S(=O)(=O)N(C)C3CCCCC3)cc21. The molecule has 1 aliphatic carbocycles. The van der Waals surface area contributed by atoms with Crippen LogP contribution in [0.3, 0.4) is 0 Å². The van der Waals surface area contributed by atoms with Gasteiger partial charge in [0.1, 0.15) is 6.54 Å². The normalized spacial score (nSPS) is 17.0. The van der Waals surface area contributed by atoms with Crippen molar-refractivity contribution in [1.29, 1.82) is 0 Å². The van der Waals surface area contributed by atoms with Crippen molar-refractivity contribution < 1.29 is 18.0 Å². The summed E-state index contributed by atoms with van der Waals surface area (Å²) in [4.78, 5) is 29.7. The number of hydrogen-bond acceptors (Lipinski definition) is 5. The lowest BCUT2D eigenvalue weighted by atomic mass is 9.96. The molecule has 2 aliphatic rings. The molecule has 2 amide bonds. The predicted octanol–water partition coefficient (Wildman–Crippen LogP) is 3.74. The van der Waals surface area contributed by atoms with Crippen LogP contribution in [0, 0.1) is 0 Å². The van der Waals surface area contributed by atoms with Crippen molar-refractivity contribution in [3.8, 4) is 0 Å². The lowest BCUT2D eigenvalue weighted by Crippen LogP contribution is -2.44. The van der Waals surface area contributed by atoms with E-state index in [1.165, 1.54) is 21.0 Å². The number of sulfonamides is 1. The maximum atomic E-state index is 13.4. The summed E-state index contributed by atoms with van der Waals surface area (Å²) in [5.41, 5.74) is 1.49. The van der Waals surface area contributed by atoms with Gasteiger partial charge in [0.15, 0.2) is 0 Å². The molecule has 9 heteroatoms. The van der Waals surface area contributed by atoms with E-state index in [-0.39, 0.29) is 35.0 Å². The number of hydrogen-bond donors (Lipinski definition) is 0. The molecule has 0 aromatic heterocycles. The predicted molar refractivity (Wildman–Crippen MR) is 134 cm³/mol. The molecule has 0 unspecified atom stereocenters.